The molecule has 0 unspecified atom stereocenters. The van der Waals surface area contributed by atoms with Crippen molar-refractivity contribution in [1.29, 1.82) is 0 Å². The smallest absolute Gasteiger partial charge is 0.0615 e. The molecule has 4 heteroatoms. The Hall–Kier alpha value is -1.46. The van der Waals surface area contributed by atoms with Crippen molar-refractivity contribution in [3.8, 4) is 0 Å². The predicted octanol–water partition coefficient (Wildman–Crippen LogP) is 0.477. The molecule has 18 heavy (non-hydrogen) atoms. The fourth-order valence-corrected chi connectivity index (χ4v) is 1.21. The fraction of sp³-hybridized carbons (Fsp3) is 0.286. The highest BCUT2D eigenvalue weighted by atomic mass is 16.3. The molecule has 0 rings (SSSR count). The zero-order chi connectivity index (χ0) is 13.6. The third kappa shape index (κ3) is 7.76. The minimum atomic E-state index is -0.0861. The average molecular weight is 252 g/mol. The number of hydrogen-bond donors (Lipinski definition) is 4. The molecule has 0 saturated carbocycles. The second-order valence-electron chi connectivity index (χ2n) is 3.25. The Bertz CT molecular complexity index is 283. The van der Waals surface area contributed by atoms with Crippen molar-refractivity contribution in [3.63, 3.8) is 0 Å². The molecule has 0 aliphatic heterocycles. The topological polar surface area (TPSA) is 80.9 Å². The van der Waals surface area contributed by atoms with E-state index in [4.69, 9.17) is 20.4 Å². The predicted molar refractivity (Wildman–Crippen MR) is 71.9 cm³/mol. The molecule has 0 aliphatic carbocycles. The van der Waals surface area contributed by atoms with Crippen LogP contribution in [0.1, 0.15) is 0 Å². The molecule has 0 heterocycles. The van der Waals surface area contributed by atoms with Crippen LogP contribution in [0.4, 0.5) is 0 Å². The number of hydrogen-bond acceptors (Lipinski definition) is 4. The van der Waals surface area contributed by atoms with Crippen molar-refractivity contribution >= 4 is 0 Å². The summed E-state index contributed by atoms with van der Waals surface area (Å²) >= 11 is 0. The van der Waals surface area contributed by atoms with Gasteiger partial charge >= 0.3 is 0 Å². The lowest BCUT2D eigenvalue weighted by atomic mass is 10.1. The van der Waals surface area contributed by atoms with Gasteiger partial charge in [-0.15, -0.1) is 0 Å². The molecule has 0 radical (unpaired) electrons. The van der Waals surface area contributed by atoms with Crippen molar-refractivity contribution < 1.29 is 20.4 Å². The molecular weight excluding hydrogens is 232 g/mol. The van der Waals surface area contributed by atoms with Crippen molar-refractivity contribution in [2.75, 3.05) is 26.4 Å². The molecular formula is C14H20O4. The van der Waals surface area contributed by atoms with E-state index < -0.39 is 0 Å². The van der Waals surface area contributed by atoms with Gasteiger partial charge in [-0.2, -0.15) is 0 Å². The Labute approximate surface area is 107 Å². The standard InChI is InChI=1S/C14H20O4/c15-9-1-5-13(6-2-10-16)14(7-3-11-17)8-4-12-18/h1-8,15-18H,9-12H2/b5-1+,6-2+,7-3+,8-4+. The maximum Gasteiger partial charge on any atom is 0.0615 e. The fourth-order valence-electron chi connectivity index (χ4n) is 1.21. The Morgan fingerprint density at radius 3 is 0.889 bits per heavy atom. The van der Waals surface area contributed by atoms with E-state index in [0.29, 0.717) is 0 Å². The normalized spacial score (nSPS) is 12.4. The quantitative estimate of drug-likeness (QED) is 0.474. The van der Waals surface area contributed by atoms with E-state index in [1.165, 1.54) is 0 Å². The lowest BCUT2D eigenvalue weighted by molar-refractivity contribution is 0.341. The van der Waals surface area contributed by atoms with Crippen molar-refractivity contribution in [1.82, 2.24) is 0 Å². The van der Waals surface area contributed by atoms with Crippen LogP contribution in [0.3, 0.4) is 0 Å². The molecule has 0 aromatic carbocycles. The van der Waals surface area contributed by atoms with Gasteiger partial charge in [0.2, 0.25) is 0 Å². The van der Waals surface area contributed by atoms with Crippen LogP contribution in [0.15, 0.2) is 59.8 Å². The van der Waals surface area contributed by atoms with Crippen LogP contribution >= 0.6 is 0 Å². The van der Waals surface area contributed by atoms with Gasteiger partial charge in [-0.3, -0.25) is 0 Å². The summed E-state index contributed by atoms with van der Waals surface area (Å²) in [5.74, 6) is 0. The first-order valence-electron chi connectivity index (χ1n) is 5.64. The largest absolute Gasteiger partial charge is 0.392 e. The maximum absolute atomic E-state index is 8.78. The third-order valence-electron chi connectivity index (χ3n) is 1.94. The van der Waals surface area contributed by atoms with Crippen LogP contribution in [-0.2, 0) is 0 Å². The van der Waals surface area contributed by atoms with Crippen LogP contribution in [-0.4, -0.2) is 46.9 Å². The van der Waals surface area contributed by atoms with Crippen LogP contribution in [0.25, 0.3) is 0 Å². The lowest BCUT2D eigenvalue weighted by Gasteiger charge is -2.01. The van der Waals surface area contributed by atoms with E-state index in [9.17, 15) is 0 Å². The monoisotopic (exact) mass is 252 g/mol. The Morgan fingerprint density at radius 1 is 0.500 bits per heavy atom. The van der Waals surface area contributed by atoms with Crippen LogP contribution < -0.4 is 0 Å². The molecule has 0 bridgehead atoms. The Morgan fingerprint density at radius 2 is 0.722 bits per heavy atom. The maximum atomic E-state index is 8.78. The zero-order valence-electron chi connectivity index (χ0n) is 10.2. The SMILES string of the molecule is OC/C=C/C(/C=C/CO)=C(/C=C/CO)/C=C/CO. The van der Waals surface area contributed by atoms with Gasteiger partial charge < -0.3 is 20.4 Å². The van der Waals surface area contributed by atoms with E-state index in [1.807, 2.05) is 0 Å². The highest BCUT2D eigenvalue weighted by Gasteiger charge is 1.94. The first-order chi connectivity index (χ1) is 8.79. The average Bonchev–Trinajstić information content (AvgIpc) is 2.40. The molecule has 0 aromatic heterocycles. The number of aliphatic hydroxyl groups excluding tert-OH is 4. The number of allylic oxidation sites excluding steroid dienone is 6. The van der Waals surface area contributed by atoms with Crippen LogP contribution in [0.2, 0.25) is 0 Å². The molecule has 4 N–H and O–H groups in total. The summed E-state index contributed by atoms with van der Waals surface area (Å²) in [5, 5.41) is 35.1. The highest BCUT2D eigenvalue weighted by Crippen LogP contribution is 2.12. The van der Waals surface area contributed by atoms with E-state index in [0.717, 1.165) is 11.1 Å². The summed E-state index contributed by atoms with van der Waals surface area (Å²) in [6.07, 6.45) is 13.1. The van der Waals surface area contributed by atoms with Gasteiger partial charge in [0.1, 0.15) is 0 Å². The highest BCUT2D eigenvalue weighted by molar-refractivity contribution is 5.46. The Balaban J connectivity index is 5.34. The molecule has 0 fully saturated rings. The molecule has 0 atom stereocenters. The molecule has 0 spiro atoms. The summed E-state index contributed by atoms with van der Waals surface area (Å²) < 4.78 is 0. The zero-order valence-corrected chi connectivity index (χ0v) is 10.2. The van der Waals surface area contributed by atoms with Gasteiger partial charge in [0.05, 0.1) is 26.4 Å². The molecule has 100 valence electrons. The molecule has 0 aromatic rings. The van der Waals surface area contributed by atoms with Gasteiger partial charge in [-0.05, 0) is 11.1 Å². The van der Waals surface area contributed by atoms with Crippen molar-refractivity contribution in [3.05, 3.63) is 59.8 Å². The number of rotatable bonds is 8. The number of aliphatic hydroxyl groups is 4. The first kappa shape index (κ1) is 16.5. The molecule has 0 aliphatic rings. The minimum absolute atomic E-state index is 0.0861. The van der Waals surface area contributed by atoms with E-state index in [1.54, 1.807) is 48.6 Å². The third-order valence-corrected chi connectivity index (χ3v) is 1.94. The first-order valence-corrected chi connectivity index (χ1v) is 5.64. The van der Waals surface area contributed by atoms with Crippen molar-refractivity contribution in [2.24, 2.45) is 0 Å². The van der Waals surface area contributed by atoms with Gasteiger partial charge in [0.25, 0.3) is 0 Å². The molecule has 0 saturated heterocycles. The van der Waals surface area contributed by atoms with Gasteiger partial charge in [-0.25, -0.2) is 0 Å². The van der Waals surface area contributed by atoms with Crippen LogP contribution in [0.5, 0.6) is 0 Å². The molecule has 0 amide bonds. The lowest BCUT2D eigenvalue weighted by Crippen LogP contribution is -1.86. The Kier molecular flexibility index (Phi) is 11.0. The van der Waals surface area contributed by atoms with Gasteiger partial charge in [0, 0.05) is 0 Å². The summed E-state index contributed by atoms with van der Waals surface area (Å²) in [6, 6.07) is 0. The molecule has 4 nitrogen and oxygen atoms in total. The van der Waals surface area contributed by atoms with Gasteiger partial charge in [0.15, 0.2) is 0 Å². The second kappa shape index (κ2) is 12.0. The van der Waals surface area contributed by atoms with E-state index >= 15 is 0 Å². The summed E-state index contributed by atoms with van der Waals surface area (Å²) in [7, 11) is 0. The minimum Gasteiger partial charge on any atom is -0.392 e. The van der Waals surface area contributed by atoms with Crippen LogP contribution in [0, 0.1) is 0 Å². The van der Waals surface area contributed by atoms with Crippen molar-refractivity contribution in [2.45, 2.75) is 0 Å². The van der Waals surface area contributed by atoms with Gasteiger partial charge in [-0.1, -0.05) is 48.6 Å². The van der Waals surface area contributed by atoms with E-state index in [-0.39, 0.29) is 26.4 Å². The summed E-state index contributed by atoms with van der Waals surface area (Å²) in [6.45, 7) is -0.345. The summed E-state index contributed by atoms with van der Waals surface area (Å²) in [4.78, 5) is 0. The summed E-state index contributed by atoms with van der Waals surface area (Å²) in [5.41, 5.74) is 1.51. The second-order valence-corrected chi connectivity index (χ2v) is 3.25. The van der Waals surface area contributed by atoms with E-state index in [2.05, 4.69) is 0 Å².